The van der Waals surface area contributed by atoms with Crippen molar-refractivity contribution in [2.75, 3.05) is 20.3 Å². The number of aromatic nitrogens is 1. The summed E-state index contributed by atoms with van der Waals surface area (Å²) in [5, 5.41) is 8.63. The molecule has 0 fully saturated rings. The Bertz CT molecular complexity index is 388. The lowest BCUT2D eigenvalue weighted by molar-refractivity contribution is 0.141. The molecule has 0 N–H and O–H groups in total. The zero-order valence-electron chi connectivity index (χ0n) is 8.58. The lowest BCUT2D eigenvalue weighted by Crippen LogP contribution is -2.08. The summed E-state index contributed by atoms with van der Waals surface area (Å²) in [5.74, 6) is -0.686. The quantitative estimate of drug-likeness (QED) is 0.705. The van der Waals surface area contributed by atoms with Crippen LogP contribution in [0.1, 0.15) is 11.1 Å². The third-order valence-corrected chi connectivity index (χ3v) is 1.88. The molecule has 1 aromatic heterocycles. The standard InChI is InChI=1S/C10H11FN2O2/c1-7-8(5-12)6-13-10(9(7)11)15-4-3-14-2/h6H,3-4H2,1-2H3. The molecule has 1 aromatic rings. The van der Waals surface area contributed by atoms with E-state index in [9.17, 15) is 4.39 Å². The second kappa shape index (κ2) is 5.27. The average Bonchev–Trinajstić information content (AvgIpc) is 2.25. The summed E-state index contributed by atoms with van der Waals surface area (Å²) in [6, 6.07) is 1.85. The van der Waals surface area contributed by atoms with Crippen LogP contribution in [0.15, 0.2) is 6.20 Å². The van der Waals surface area contributed by atoms with Gasteiger partial charge in [0.15, 0.2) is 5.82 Å². The lowest BCUT2D eigenvalue weighted by Gasteiger charge is -2.07. The number of halogens is 1. The number of hydrogen-bond acceptors (Lipinski definition) is 4. The first-order valence-corrected chi connectivity index (χ1v) is 4.37. The second-order valence-electron chi connectivity index (χ2n) is 2.87. The van der Waals surface area contributed by atoms with Gasteiger partial charge in [0.25, 0.3) is 5.88 Å². The molecule has 0 radical (unpaired) electrons. The van der Waals surface area contributed by atoms with Gasteiger partial charge in [-0.25, -0.2) is 9.37 Å². The van der Waals surface area contributed by atoms with Crippen LogP contribution < -0.4 is 4.74 Å². The van der Waals surface area contributed by atoms with Gasteiger partial charge < -0.3 is 9.47 Å². The van der Waals surface area contributed by atoms with Crippen LogP contribution in [-0.4, -0.2) is 25.3 Å². The first-order valence-electron chi connectivity index (χ1n) is 4.37. The first-order chi connectivity index (χ1) is 7.20. The van der Waals surface area contributed by atoms with Crippen LogP contribution in [0.25, 0.3) is 0 Å². The van der Waals surface area contributed by atoms with Gasteiger partial charge in [0, 0.05) is 18.9 Å². The molecule has 0 aromatic carbocycles. The summed E-state index contributed by atoms with van der Waals surface area (Å²) in [6.07, 6.45) is 1.29. The van der Waals surface area contributed by atoms with Crippen LogP contribution in [0.4, 0.5) is 4.39 Å². The third kappa shape index (κ3) is 2.64. The summed E-state index contributed by atoms with van der Waals surface area (Å²) in [7, 11) is 1.52. The Hall–Kier alpha value is -1.67. The number of rotatable bonds is 4. The number of methoxy groups -OCH3 is 1. The van der Waals surface area contributed by atoms with Crippen molar-refractivity contribution in [2.45, 2.75) is 6.92 Å². The van der Waals surface area contributed by atoms with Crippen molar-refractivity contribution in [1.82, 2.24) is 4.98 Å². The van der Waals surface area contributed by atoms with E-state index in [1.807, 2.05) is 6.07 Å². The SMILES string of the molecule is COCCOc1ncc(C#N)c(C)c1F. The van der Waals surface area contributed by atoms with E-state index in [0.29, 0.717) is 6.61 Å². The lowest BCUT2D eigenvalue weighted by atomic mass is 10.2. The molecule has 5 heteroatoms. The number of hydrogen-bond donors (Lipinski definition) is 0. The highest BCUT2D eigenvalue weighted by atomic mass is 19.1. The molecule has 0 saturated heterocycles. The predicted octanol–water partition coefficient (Wildman–Crippen LogP) is 1.43. The Balaban J connectivity index is 2.83. The molecule has 1 rings (SSSR count). The largest absolute Gasteiger partial charge is 0.473 e. The highest BCUT2D eigenvalue weighted by Gasteiger charge is 2.11. The van der Waals surface area contributed by atoms with Crippen LogP contribution in [-0.2, 0) is 4.74 Å². The molecule has 0 aliphatic rings. The van der Waals surface area contributed by atoms with Crippen molar-refractivity contribution in [3.05, 3.63) is 23.1 Å². The van der Waals surface area contributed by atoms with E-state index in [2.05, 4.69) is 4.98 Å². The van der Waals surface area contributed by atoms with E-state index >= 15 is 0 Å². The highest BCUT2D eigenvalue weighted by Crippen LogP contribution is 2.19. The van der Waals surface area contributed by atoms with Gasteiger partial charge in [-0.1, -0.05) is 0 Å². The molecule has 1 heterocycles. The summed E-state index contributed by atoms with van der Waals surface area (Å²) in [5.41, 5.74) is 0.464. The third-order valence-electron chi connectivity index (χ3n) is 1.88. The Morgan fingerprint density at radius 2 is 2.27 bits per heavy atom. The molecule has 4 nitrogen and oxygen atoms in total. The van der Waals surface area contributed by atoms with Crippen LogP contribution in [0.5, 0.6) is 5.88 Å². The molecule has 0 unspecified atom stereocenters. The fraction of sp³-hybridized carbons (Fsp3) is 0.400. The van der Waals surface area contributed by atoms with Crippen LogP contribution in [0.3, 0.4) is 0 Å². The number of nitriles is 1. The predicted molar refractivity (Wildman–Crippen MR) is 51.0 cm³/mol. The van der Waals surface area contributed by atoms with Crippen molar-refractivity contribution >= 4 is 0 Å². The van der Waals surface area contributed by atoms with Crippen molar-refractivity contribution in [3.63, 3.8) is 0 Å². The average molecular weight is 210 g/mol. The summed E-state index contributed by atoms with van der Waals surface area (Å²) in [4.78, 5) is 3.71. The van der Waals surface area contributed by atoms with Gasteiger partial charge in [-0.15, -0.1) is 0 Å². The maximum Gasteiger partial charge on any atom is 0.250 e. The number of nitrogens with zero attached hydrogens (tertiary/aromatic N) is 2. The van der Waals surface area contributed by atoms with Crippen molar-refractivity contribution in [2.24, 2.45) is 0 Å². The van der Waals surface area contributed by atoms with Gasteiger partial charge in [-0.05, 0) is 6.92 Å². The molecule has 0 saturated carbocycles. The molecule has 0 aliphatic heterocycles. The minimum absolute atomic E-state index is 0.0939. The molecular formula is C10H11FN2O2. The maximum absolute atomic E-state index is 13.5. The van der Waals surface area contributed by atoms with Gasteiger partial charge in [0.1, 0.15) is 12.7 Å². The van der Waals surface area contributed by atoms with Crippen molar-refractivity contribution in [3.8, 4) is 11.9 Å². The van der Waals surface area contributed by atoms with E-state index < -0.39 is 5.82 Å². The van der Waals surface area contributed by atoms with Crippen LogP contribution >= 0.6 is 0 Å². The van der Waals surface area contributed by atoms with E-state index in [0.717, 1.165) is 0 Å². The zero-order valence-corrected chi connectivity index (χ0v) is 8.58. The second-order valence-corrected chi connectivity index (χ2v) is 2.87. The van der Waals surface area contributed by atoms with E-state index in [-0.39, 0.29) is 23.6 Å². The molecular weight excluding hydrogens is 199 g/mol. The molecule has 0 spiro atoms. The van der Waals surface area contributed by atoms with Gasteiger partial charge in [-0.3, -0.25) is 0 Å². The first kappa shape index (κ1) is 11.4. The molecule has 80 valence electrons. The van der Waals surface area contributed by atoms with E-state index in [4.69, 9.17) is 14.7 Å². The monoisotopic (exact) mass is 210 g/mol. The van der Waals surface area contributed by atoms with E-state index in [1.54, 1.807) is 0 Å². The fourth-order valence-corrected chi connectivity index (χ4v) is 0.990. The minimum atomic E-state index is -0.592. The molecule has 0 amide bonds. The summed E-state index contributed by atoms with van der Waals surface area (Å²) in [6.45, 7) is 2.10. The normalized spacial score (nSPS) is 9.73. The topological polar surface area (TPSA) is 55.1 Å². The van der Waals surface area contributed by atoms with Crippen LogP contribution in [0, 0.1) is 24.1 Å². The van der Waals surface area contributed by atoms with E-state index in [1.165, 1.54) is 20.2 Å². The summed E-state index contributed by atoms with van der Waals surface area (Å²) >= 11 is 0. The van der Waals surface area contributed by atoms with Crippen LogP contribution in [0.2, 0.25) is 0 Å². The Kier molecular flexibility index (Phi) is 4.01. The highest BCUT2D eigenvalue weighted by molar-refractivity contribution is 5.38. The van der Waals surface area contributed by atoms with Gasteiger partial charge in [0.2, 0.25) is 0 Å². The van der Waals surface area contributed by atoms with Crippen molar-refractivity contribution in [1.29, 1.82) is 5.26 Å². The van der Waals surface area contributed by atoms with Gasteiger partial charge >= 0.3 is 0 Å². The number of ether oxygens (including phenoxy) is 2. The van der Waals surface area contributed by atoms with Crippen molar-refractivity contribution < 1.29 is 13.9 Å². The number of pyridine rings is 1. The smallest absolute Gasteiger partial charge is 0.250 e. The molecule has 0 atom stereocenters. The minimum Gasteiger partial charge on any atom is -0.473 e. The zero-order chi connectivity index (χ0) is 11.3. The Morgan fingerprint density at radius 3 is 2.87 bits per heavy atom. The Morgan fingerprint density at radius 1 is 1.53 bits per heavy atom. The molecule has 0 bridgehead atoms. The molecule has 15 heavy (non-hydrogen) atoms. The Labute approximate surface area is 87.3 Å². The van der Waals surface area contributed by atoms with Gasteiger partial charge in [0.05, 0.1) is 12.2 Å². The molecule has 0 aliphatic carbocycles. The van der Waals surface area contributed by atoms with Gasteiger partial charge in [-0.2, -0.15) is 5.26 Å². The maximum atomic E-state index is 13.5. The fourth-order valence-electron chi connectivity index (χ4n) is 0.990. The summed E-state index contributed by atoms with van der Waals surface area (Å²) < 4.78 is 23.3.